The molecule has 3 aromatic rings. The number of fused-ring (bicyclic) bond motifs is 1. The van der Waals surface area contributed by atoms with Crippen molar-refractivity contribution in [3.8, 4) is 0 Å². The van der Waals surface area contributed by atoms with Gasteiger partial charge in [0, 0.05) is 29.6 Å². The lowest BCUT2D eigenvalue weighted by molar-refractivity contribution is 0.822. The number of rotatable bonds is 4. The van der Waals surface area contributed by atoms with Crippen LogP contribution in [0.15, 0.2) is 53.4 Å². The first-order chi connectivity index (χ1) is 9.78. The Hall–Kier alpha value is -1.65. The van der Waals surface area contributed by atoms with E-state index >= 15 is 0 Å². The quantitative estimate of drug-likeness (QED) is 0.797. The van der Waals surface area contributed by atoms with Crippen LogP contribution in [0.5, 0.6) is 0 Å². The molecule has 0 radical (unpaired) electrons. The minimum Gasteiger partial charge on any atom is -0.343 e. The number of benzene rings is 1. The van der Waals surface area contributed by atoms with E-state index in [1.165, 1.54) is 22.0 Å². The van der Waals surface area contributed by atoms with Crippen molar-refractivity contribution >= 4 is 26.8 Å². The molecular formula is C16H16BrN3. The first-order valence-corrected chi connectivity index (χ1v) is 7.43. The molecule has 2 heterocycles. The highest BCUT2D eigenvalue weighted by molar-refractivity contribution is 9.10. The van der Waals surface area contributed by atoms with Gasteiger partial charge in [-0.1, -0.05) is 18.2 Å². The molecule has 0 amide bonds. The fourth-order valence-corrected chi connectivity index (χ4v) is 2.98. The Morgan fingerprint density at radius 2 is 2.10 bits per heavy atom. The van der Waals surface area contributed by atoms with Crippen LogP contribution in [0.3, 0.4) is 0 Å². The maximum atomic E-state index is 5.72. The Balaban J connectivity index is 2.03. The van der Waals surface area contributed by atoms with Gasteiger partial charge < -0.3 is 10.3 Å². The first kappa shape index (κ1) is 13.3. The van der Waals surface area contributed by atoms with Crippen molar-refractivity contribution in [1.29, 1.82) is 0 Å². The molecule has 0 unspecified atom stereocenters. The maximum Gasteiger partial charge on any atom is 0.0516 e. The van der Waals surface area contributed by atoms with Crippen molar-refractivity contribution in [2.75, 3.05) is 6.54 Å². The topological polar surface area (TPSA) is 43.8 Å². The summed E-state index contributed by atoms with van der Waals surface area (Å²) < 4.78 is 3.28. The lowest BCUT2D eigenvalue weighted by atomic mass is 10.1. The summed E-state index contributed by atoms with van der Waals surface area (Å²) in [7, 11) is 0. The molecule has 0 aliphatic carbocycles. The molecule has 0 aliphatic heterocycles. The Kier molecular flexibility index (Phi) is 3.85. The fraction of sp³-hybridized carbons (Fsp3) is 0.188. The van der Waals surface area contributed by atoms with Crippen LogP contribution >= 0.6 is 15.9 Å². The molecule has 0 bridgehead atoms. The zero-order chi connectivity index (χ0) is 13.9. The molecule has 0 saturated heterocycles. The molecule has 102 valence electrons. The third-order valence-electron chi connectivity index (χ3n) is 3.40. The van der Waals surface area contributed by atoms with Crippen LogP contribution in [-0.2, 0) is 13.0 Å². The van der Waals surface area contributed by atoms with Gasteiger partial charge in [-0.15, -0.1) is 0 Å². The van der Waals surface area contributed by atoms with Crippen LogP contribution in [0.25, 0.3) is 10.9 Å². The van der Waals surface area contributed by atoms with Gasteiger partial charge in [0.1, 0.15) is 0 Å². The third-order valence-corrected chi connectivity index (χ3v) is 3.83. The number of pyridine rings is 1. The zero-order valence-corrected chi connectivity index (χ0v) is 12.7. The number of hydrogen-bond donors (Lipinski definition) is 1. The summed E-state index contributed by atoms with van der Waals surface area (Å²) in [6, 6.07) is 10.7. The lowest BCUT2D eigenvalue weighted by Crippen LogP contribution is -2.06. The van der Waals surface area contributed by atoms with E-state index in [4.69, 9.17) is 5.73 Å². The number of hydrogen-bond acceptors (Lipinski definition) is 2. The van der Waals surface area contributed by atoms with Crippen LogP contribution in [0.1, 0.15) is 11.1 Å². The normalized spacial score (nSPS) is 11.1. The zero-order valence-electron chi connectivity index (χ0n) is 11.1. The second-order valence-corrected chi connectivity index (χ2v) is 5.76. The van der Waals surface area contributed by atoms with E-state index in [0.717, 1.165) is 17.4 Å². The monoisotopic (exact) mass is 329 g/mol. The number of nitrogens with zero attached hydrogens (tertiary/aromatic N) is 2. The molecule has 2 N–H and O–H groups in total. The van der Waals surface area contributed by atoms with E-state index in [1.807, 2.05) is 6.20 Å². The minimum atomic E-state index is 0.669. The Labute approximate surface area is 126 Å². The highest BCUT2D eigenvalue weighted by Gasteiger charge is 2.07. The molecule has 3 nitrogen and oxygen atoms in total. The van der Waals surface area contributed by atoms with E-state index in [0.29, 0.717) is 6.54 Å². The summed E-state index contributed by atoms with van der Waals surface area (Å²) in [4.78, 5) is 4.22. The molecule has 3 rings (SSSR count). The van der Waals surface area contributed by atoms with Crippen LogP contribution < -0.4 is 5.73 Å². The van der Waals surface area contributed by atoms with Gasteiger partial charge >= 0.3 is 0 Å². The van der Waals surface area contributed by atoms with E-state index in [9.17, 15) is 0 Å². The fourth-order valence-electron chi connectivity index (χ4n) is 2.57. The van der Waals surface area contributed by atoms with Gasteiger partial charge in [0.15, 0.2) is 0 Å². The van der Waals surface area contributed by atoms with Crippen molar-refractivity contribution < 1.29 is 0 Å². The van der Waals surface area contributed by atoms with Gasteiger partial charge in [0.05, 0.1) is 5.52 Å². The van der Waals surface area contributed by atoms with Crippen molar-refractivity contribution in [3.05, 3.63) is 64.5 Å². The molecule has 4 heteroatoms. The average molecular weight is 330 g/mol. The van der Waals surface area contributed by atoms with Crippen LogP contribution in [0.2, 0.25) is 0 Å². The lowest BCUT2D eigenvalue weighted by Gasteiger charge is -2.09. The third kappa shape index (κ3) is 2.62. The van der Waals surface area contributed by atoms with E-state index in [2.05, 4.69) is 62.0 Å². The van der Waals surface area contributed by atoms with Crippen LogP contribution in [0.4, 0.5) is 0 Å². The summed E-state index contributed by atoms with van der Waals surface area (Å²) in [5.74, 6) is 0. The molecule has 1 aromatic carbocycles. The van der Waals surface area contributed by atoms with Gasteiger partial charge in [-0.2, -0.15) is 0 Å². The van der Waals surface area contributed by atoms with Crippen molar-refractivity contribution in [2.45, 2.75) is 13.0 Å². The highest BCUT2D eigenvalue weighted by atomic mass is 79.9. The molecule has 0 saturated carbocycles. The Morgan fingerprint density at radius 1 is 1.20 bits per heavy atom. The highest BCUT2D eigenvalue weighted by Crippen LogP contribution is 2.22. The standard InChI is InChI=1S/C16H16BrN3/c17-15-8-12(9-19-10-15)11-20-7-5-14-3-1-2-13(4-6-18)16(14)20/h1-3,5,7-10H,4,6,11,18H2. The molecule has 0 aliphatic rings. The number of para-hydroxylation sites is 1. The molecule has 0 spiro atoms. The number of nitrogens with two attached hydrogens (primary N) is 1. The average Bonchev–Trinajstić information content (AvgIpc) is 2.84. The molecular weight excluding hydrogens is 314 g/mol. The first-order valence-electron chi connectivity index (χ1n) is 6.64. The number of halogens is 1. The van der Waals surface area contributed by atoms with Gasteiger partial charge in [0.25, 0.3) is 0 Å². The summed E-state index contributed by atoms with van der Waals surface area (Å²) in [5, 5.41) is 1.26. The molecule has 20 heavy (non-hydrogen) atoms. The van der Waals surface area contributed by atoms with Gasteiger partial charge in [-0.05, 0) is 57.5 Å². The molecule has 2 aromatic heterocycles. The second kappa shape index (κ2) is 5.77. The SMILES string of the molecule is NCCc1cccc2ccn(Cc3cncc(Br)c3)c12. The largest absolute Gasteiger partial charge is 0.343 e. The molecule has 0 atom stereocenters. The van der Waals surface area contributed by atoms with Gasteiger partial charge in [-0.3, -0.25) is 4.98 Å². The minimum absolute atomic E-state index is 0.669. The summed E-state index contributed by atoms with van der Waals surface area (Å²) in [6.45, 7) is 1.49. The molecule has 0 fully saturated rings. The predicted molar refractivity (Wildman–Crippen MR) is 85.7 cm³/mol. The Bertz CT molecular complexity index is 733. The maximum absolute atomic E-state index is 5.72. The van der Waals surface area contributed by atoms with Crippen LogP contribution in [-0.4, -0.2) is 16.1 Å². The van der Waals surface area contributed by atoms with Gasteiger partial charge in [-0.25, -0.2) is 0 Å². The smallest absolute Gasteiger partial charge is 0.0516 e. The number of aromatic nitrogens is 2. The van der Waals surface area contributed by atoms with Crippen molar-refractivity contribution in [1.82, 2.24) is 9.55 Å². The van der Waals surface area contributed by atoms with Crippen LogP contribution in [0, 0.1) is 0 Å². The summed E-state index contributed by atoms with van der Waals surface area (Å²) in [6.07, 6.45) is 6.74. The summed E-state index contributed by atoms with van der Waals surface area (Å²) >= 11 is 3.47. The van der Waals surface area contributed by atoms with Gasteiger partial charge in [0.2, 0.25) is 0 Å². The van der Waals surface area contributed by atoms with E-state index in [1.54, 1.807) is 6.20 Å². The summed E-state index contributed by atoms with van der Waals surface area (Å²) in [5.41, 5.74) is 9.48. The van der Waals surface area contributed by atoms with E-state index < -0.39 is 0 Å². The van der Waals surface area contributed by atoms with Crippen molar-refractivity contribution in [2.24, 2.45) is 5.73 Å². The Morgan fingerprint density at radius 3 is 2.90 bits per heavy atom. The van der Waals surface area contributed by atoms with E-state index in [-0.39, 0.29) is 0 Å². The predicted octanol–water partition coefficient (Wildman–Crippen LogP) is 3.35. The second-order valence-electron chi connectivity index (χ2n) is 4.85. The van der Waals surface area contributed by atoms with Crippen molar-refractivity contribution in [3.63, 3.8) is 0 Å².